The van der Waals surface area contributed by atoms with E-state index in [-0.39, 0.29) is 5.41 Å². The van der Waals surface area contributed by atoms with E-state index in [2.05, 4.69) is 35.2 Å². The molecular weight excluding hydrogens is 281 g/mol. The maximum atomic E-state index is 6.24. The van der Waals surface area contributed by atoms with Crippen molar-refractivity contribution in [3.05, 3.63) is 47.5 Å². The molecule has 0 fully saturated rings. The van der Waals surface area contributed by atoms with Crippen LogP contribution in [0.1, 0.15) is 17.0 Å². The van der Waals surface area contributed by atoms with Gasteiger partial charge in [0.05, 0.1) is 0 Å². The molecule has 0 saturated heterocycles. The number of aromatic nitrogens is 3. The summed E-state index contributed by atoms with van der Waals surface area (Å²) < 4.78 is 1.77. The lowest BCUT2D eigenvalue weighted by Crippen LogP contribution is -2.34. The van der Waals surface area contributed by atoms with Gasteiger partial charge in [0.15, 0.2) is 0 Å². The van der Waals surface area contributed by atoms with Gasteiger partial charge in [-0.05, 0) is 12.5 Å². The Hall–Kier alpha value is -1.06. The van der Waals surface area contributed by atoms with Crippen LogP contribution in [0, 0.1) is 6.92 Å². The largest absolute Gasteiger partial charge is 0.253 e. The zero-order chi connectivity index (χ0) is 13.9. The topological polar surface area (TPSA) is 30.7 Å². The minimum Gasteiger partial charge on any atom is -0.253 e. The minimum absolute atomic E-state index is 0.310. The summed E-state index contributed by atoms with van der Waals surface area (Å²) in [6.45, 7) is 2.07. The molecule has 0 saturated carbocycles. The highest BCUT2D eigenvalue weighted by atomic mass is 35.5. The minimum atomic E-state index is -0.310. The molecule has 0 amide bonds. The second-order valence-corrected chi connectivity index (χ2v) is 5.43. The number of hydrogen-bond acceptors (Lipinski definition) is 2. The number of aryl methyl sites for hydroxylation is 2. The first-order chi connectivity index (χ1) is 9.11. The van der Waals surface area contributed by atoms with Crippen molar-refractivity contribution in [2.24, 2.45) is 7.05 Å². The molecule has 19 heavy (non-hydrogen) atoms. The van der Waals surface area contributed by atoms with Gasteiger partial charge < -0.3 is 0 Å². The van der Waals surface area contributed by atoms with E-state index in [4.69, 9.17) is 23.2 Å². The van der Waals surface area contributed by atoms with Gasteiger partial charge in [-0.15, -0.1) is 23.2 Å². The van der Waals surface area contributed by atoms with Crippen LogP contribution in [0.2, 0.25) is 0 Å². The lowest BCUT2D eigenvalue weighted by Gasteiger charge is -2.30. The van der Waals surface area contributed by atoms with Crippen molar-refractivity contribution in [2.75, 3.05) is 11.8 Å². The van der Waals surface area contributed by atoms with Crippen LogP contribution in [0.3, 0.4) is 0 Å². The van der Waals surface area contributed by atoms with Crippen LogP contribution in [0.4, 0.5) is 0 Å². The molecule has 0 atom stereocenters. The second-order valence-electron chi connectivity index (χ2n) is 4.89. The van der Waals surface area contributed by atoms with E-state index < -0.39 is 0 Å². The van der Waals surface area contributed by atoms with Crippen LogP contribution in [0.25, 0.3) is 0 Å². The van der Waals surface area contributed by atoms with Crippen molar-refractivity contribution >= 4 is 23.2 Å². The summed E-state index contributed by atoms with van der Waals surface area (Å²) >= 11 is 12.5. The van der Waals surface area contributed by atoms with E-state index in [0.29, 0.717) is 18.2 Å². The third-order valence-corrected chi connectivity index (χ3v) is 4.47. The first-order valence-electron chi connectivity index (χ1n) is 6.13. The van der Waals surface area contributed by atoms with Gasteiger partial charge >= 0.3 is 0 Å². The lowest BCUT2D eigenvalue weighted by atomic mass is 9.80. The summed E-state index contributed by atoms with van der Waals surface area (Å²) in [4.78, 5) is 4.28. The molecule has 5 heteroatoms. The Labute approximate surface area is 123 Å². The number of nitrogens with zero attached hydrogens (tertiary/aromatic N) is 3. The average molecular weight is 298 g/mol. The third-order valence-electron chi connectivity index (χ3n) is 3.44. The maximum Gasteiger partial charge on any atom is 0.138 e. The van der Waals surface area contributed by atoms with Gasteiger partial charge in [-0.2, -0.15) is 5.10 Å². The molecule has 3 nitrogen and oxygen atoms in total. The molecule has 2 aromatic rings. The Bertz CT molecular complexity index is 547. The molecule has 0 aliphatic heterocycles. The van der Waals surface area contributed by atoms with Gasteiger partial charge in [-0.25, -0.2) is 4.98 Å². The molecule has 0 bridgehead atoms. The molecule has 0 unspecified atom stereocenters. The lowest BCUT2D eigenvalue weighted by molar-refractivity contribution is 0.502. The van der Waals surface area contributed by atoms with Crippen molar-refractivity contribution in [3.63, 3.8) is 0 Å². The van der Waals surface area contributed by atoms with Gasteiger partial charge in [0.2, 0.25) is 0 Å². The van der Waals surface area contributed by atoms with Crippen molar-refractivity contribution < 1.29 is 0 Å². The summed E-state index contributed by atoms with van der Waals surface area (Å²) in [6.07, 6.45) is 2.23. The fourth-order valence-corrected chi connectivity index (χ4v) is 2.93. The molecule has 102 valence electrons. The maximum absolute atomic E-state index is 6.24. The highest BCUT2D eigenvalue weighted by molar-refractivity contribution is 6.22. The van der Waals surface area contributed by atoms with E-state index >= 15 is 0 Å². The summed E-state index contributed by atoms with van der Waals surface area (Å²) in [7, 11) is 1.88. The smallest absolute Gasteiger partial charge is 0.138 e. The molecule has 2 rings (SSSR count). The first-order valence-corrected chi connectivity index (χ1v) is 7.20. The number of alkyl halides is 2. The number of rotatable bonds is 5. The summed E-state index contributed by atoms with van der Waals surface area (Å²) in [5.41, 5.74) is 2.05. The molecule has 1 aromatic carbocycles. The van der Waals surface area contributed by atoms with Crippen LogP contribution in [-0.4, -0.2) is 26.5 Å². The van der Waals surface area contributed by atoms with Crippen molar-refractivity contribution in [1.29, 1.82) is 0 Å². The number of halogens is 2. The zero-order valence-corrected chi connectivity index (χ0v) is 12.6. The predicted octanol–water partition coefficient (Wildman–Crippen LogP) is 3.08. The van der Waals surface area contributed by atoms with Crippen LogP contribution in [0.15, 0.2) is 30.6 Å². The summed E-state index contributed by atoms with van der Waals surface area (Å²) in [5, 5.41) is 4.10. The highest BCUT2D eigenvalue weighted by Gasteiger charge is 2.32. The van der Waals surface area contributed by atoms with Crippen molar-refractivity contribution in [3.8, 4) is 0 Å². The zero-order valence-electron chi connectivity index (χ0n) is 11.1. The van der Waals surface area contributed by atoms with Crippen LogP contribution in [0.5, 0.6) is 0 Å². The highest BCUT2D eigenvalue weighted by Crippen LogP contribution is 2.31. The van der Waals surface area contributed by atoms with Crippen LogP contribution < -0.4 is 0 Å². The molecule has 1 aromatic heterocycles. The van der Waals surface area contributed by atoms with Crippen LogP contribution >= 0.6 is 23.2 Å². The number of hydrogen-bond donors (Lipinski definition) is 0. The molecule has 0 spiro atoms. The monoisotopic (exact) mass is 297 g/mol. The predicted molar refractivity (Wildman–Crippen MR) is 79.0 cm³/mol. The Kier molecular flexibility index (Phi) is 4.48. The fraction of sp³-hybridized carbons (Fsp3) is 0.429. The van der Waals surface area contributed by atoms with Crippen molar-refractivity contribution in [2.45, 2.75) is 18.8 Å². The molecule has 0 aliphatic carbocycles. The Balaban J connectivity index is 2.40. The normalized spacial score (nSPS) is 11.8. The van der Waals surface area contributed by atoms with Gasteiger partial charge in [-0.1, -0.05) is 29.8 Å². The molecule has 0 N–H and O–H groups in total. The first kappa shape index (κ1) is 14.4. The van der Waals surface area contributed by atoms with Crippen molar-refractivity contribution in [1.82, 2.24) is 14.8 Å². The summed E-state index contributed by atoms with van der Waals surface area (Å²) in [5.74, 6) is 1.79. The van der Waals surface area contributed by atoms with E-state index in [9.17, 15) is 0 Å². The Morgan fingerprint density at radius 1 is 1.26 bits per heavy atom. The summed E-state index contributed by atoms with van der Waals surface area (Å²) in [6, 6.07) is 8.32. The number of benzene rings is 1. The van der Waals surface area contributed by atoms with E-state index in [1.807, 2.05) is 13.1 Å². The van der Waals surface area contributed by atoms with E-state index in [1.54, 1.807) is 11.0 Å². The van der Waals surface area contributed by atoms with E-state index in [1.165, 1.54) is 5.56 Å². The van der Waals surface area contributed by atoms with E-state index in [0.717, 1.165) is 11.4 Å². The molecule has 1 heterocycles. The molecule has 0 aliphatic rings. The molecular formula is C14H17Cl2N3. The van der Waals surface area contributed by atoms with Gasteiger partial charge in [0.1, 0.15) is 12.2 Å². The van der Waals surface area contributed by atoms with Gasteiger partial charge in [0, 0.05) is 30.6 Å². The Morgan fingerprint density at radius 2 is 2.00 bits per heavy atom. The van der Waals surface area contributed by atoms with Gasteiger partial charge in [0.25, 0.3) is 0 Å². The standard InChI is InChI=1S/C14H17Cl2N3/c1-11-4-3-5-12(6-11)14(8-15,9-16)7-13-17-10-18-19(13)2/h3-6,10H,7-9H2,1-2H3. The van der Waals surface area contributed by atoms with Gasteiger partial charge in [-0.3, -0.25) is 4.68 Å². The quantitative estimate of drug-likeness (QED) is 0.794. The average Bonchev–Trinajstić information content (AvgIpc) is 2.81. The SMILES string of the molecule is Cc1cccc(C(CCl)(CCl)Cc2ncnn2C)c1. The Morgan fingerprint density at radius 3 is 2.53 bits per heavy atom. The third kappa shape index (κ3) is 2.93. The second kappa shape index (κ2) is 5.93. The fourth-order valence-electron chi connectivity index (χ4n) is 2.14. The van der Waals surface area contributed by atoms with Crippen LogP contribution in [-0.2, 0) is 18.9 Å². The molecule has 0 radical (unpaired) electrons.